The SMILES string of the molecule is COc1ccc([C@H]2CCCCN(C(=O)c3ccc(C)c(C)c3)C2)cc1. The van der Waals surface area contributed by atoms with Gasteiger partial charge >= 0.3 is 0 Å². The predicted octanol–water partition coefficient (Wildman–Crippen LogP) is 4.72. The summed E-state index contributed by atoms with van der Waals surface area (Å²) in [5.41, 5.74) is 4.50. The highest BCUT2D eigenvalue weighted by molar-refractivity contribution is 5.94. The fourth-order valence-corrected chi connectivity index (χ4v) is 3.53. The largest absolute Gasteiger partial charge is 0.497 e. The molecule has 1 atom stereocenters. The van der Waals surface area contributed by atoms with Crippen molar-refractivity contribution in [1.29, 1.82) is 0 Å². The highest BCUT2D eigenvalue weighted by Gasteiger charge is 2.24. The maximum atomic E-state index is 13.0. The van der Waals surface area contributed by atoms with Crippen LogP contribution in [0.15, 0.2) is 42.5 Å². The summed E-state index contributed by atoms with van der Waals surface area (Å²) in [4.78, 5) is 15.0. The third-order valence-corrected chi connectivity index (χ3v) is 5.30. The highest BCUT2D eigenvalue weighted by Crippen LogP contribution is 2.28. The zero-order valence-electron chi connectivity index (χ0n) is 15.4. The third kappa shape index (κ3) is 4.04. The van der Waals surface area contributed by atoms with Crippen LogP contribution in [0.25, 0.3) is 0 Å². The van der Waals surface area contributed by atoms with Crippen molar-refractivity contribution < 1.29 is 9.53 Å². The van der Waals surface area contributed by atoms with Gasteiger partial charge in [0.25, 0.3) is 5.91 Å². The van der Waals surface area contributed by atoms with Crippen LogP contribution in [0.2, 0.25) is 0 Å². The Morgan fingerprint density at radius 1 is 1.04 bits per heavy atom. The number of carbonyl (C=O) groups is 1. The number of methoxy groups -OCH3 is 1. The van der Waals surface area contributed by atoms with E-state index in [0.29, 0.717) is 5.92 Å². The van der Waals surface area contributed by atoms with Gasteiger partial charge in [0.1, 0.15) is 5.75 Å². The van der Waals surface area contributed by atoms with Crippen LogP contribution in [0.1, 0.15) is 52.2 Å². The first-order chi connectivity index (χ1) is 12.1. The van der Waals surface area contributed by atoms with Crippen molar-refractivity contribution in [3.05, 3.63) is 64.7 Å². The van der Waals surface area contributed by atoms with E-state index in [1.165, 1.54) is 16.7 Å². The summed E-state index contributed by atoms with van der Waals surface area (Å²) < 4.78 is 5.25. The van der Waals surface area contributed by atoms with Crippen LogP contribution in [0, 0.1) is 13.8 Å². The Balaban J connectivity index is 1.78. The van der Waals surface area contributed by atoms with Gasteiger partial charge in [0.2, 0.25) is 0 Å². The monoisotopic (exact) mass is 337 g/mol. The molecule has 0 aromatic heterocycles. The van der Waals surface area contributed by atoms with Gasteiger partial charge in [-0.3, -0.25) is 4.79 Å². The van der Waals surface area contributed by atoms with Crippen LogP contribution in [0.4, 0.5) is 0 Å². The molecule has 1 heterocycles. The lowest BCUT2D eigenvalue weighted by Crippen LogP contribution is -2.34. The number of carbonyl (C=O) groups excluding carboxylic acids is 1. The fourth-order valence-electron chi connectivity index (χ4n) is 3.53. The van der Waals surface area contributed by atoms with Gasteiger partial charge in [0.15, 0.2) is 0 Å². The number of rotatable bonds is 3. The molecule has 2 aromatic carbocycles. The molecule has 3 heteroatoms. The molecule has 0 bridgehead atoms. The van der Waals surface area contributed by atoms with E-state index in [0.717, 1.165) is 43.7 Å². The van der Waals surface area contributed by atoms with Crippen LogP contribution in [-0.4, -0.2) is 31.0 Å². The van der Waals surface area contributed by atoms with Crippen LogP contribution in [0.5, 0.6) is 5.75 Å². The minimum Gasteiger partial charge on any atom is -0.497 e. The topological polar surface area (TPSA) is 29.5 Å². The lowest BCUT2D eigenvalue weighted by molar-refractivity contribution is 0.0754. The highest BCUT2D eigenvalue weighted by atomic mass is 16.5. The van der Waals surface area contributed by atoms with Crippen molar-refractivity contribution in [2.24, 2.45) is 0 Å². The first-order valence-electron chi connectivity index (χ1n) is 9.09. The van der Waals surface area contributed by atoms with E-state index in [2.05, 4.69) is 26.0 Å². The molecule has 0 aliphatic carbocycles. The Kier molecular flexibility index (Phi) is 5.42. The van der Waals surface area contributed by atoms with E-state index in [1.807, 2.05) is 35.2 Å². The van der Waals surface area contributed by atoms with Gasteiger partial charge in [-0.1, -0.05) is 24.6 Å². The number of hydrogen-bond acceptors (Lipinski definition) is 2. The summed E-state index contributed by atoms with van der Waals surface area (Å²) in [5, 5.41) is 0. The maximum absolute atomic E-state index is 13.0. The maximum Gasteiger partial charge on any atom is 0.253 e. The molecule has 1 fully saturated rings. The molecule has 3 rings (SSSR count). The number of amides is 1. The zero-order valence-corrected chi connectivity index (χ0v) is 15.4. The smallest absolute Gasteiger partial charge is 0.253 e. The van der Waals surface area contributed by atoms with Crippen molar-refractivity contribution in [2.75, 3.05) is 20.2 Å². The lowest BCUT2D eigenvalue weighted by Gasteiger charge is -2.25. The first kappa shape index (κ1) is 17.5. The molecule has 1 saturated heterocycles. The van der Waals surface area contributed by atoms with E-state index in [4.69, 9.17) is 4.74 Å². The molecule has 0 saturated carbocycles. The number of likely N-dealkylation sites (tertiary alicyclic amines) is 1. The second-order valence-electron chi connectivity index (χ2n) is 7.02. The van der Waals surface area contributed by atoms with Crippen LogP contribution < -0.4 is 4.74 Å². The summed E-state index contributed by atoms with van der Waals surface area (Å²) in [5.74, 6) is 1.42. The van der Waals surface area contributed by atoms with Gasteiger partial charge in [-0.15, -0.1) is 0 Å². The first-order valence-corrected chi connectivity index (χ1v) is 9.09. The molecular weight excluding hydrogens is 310 g/mol. The van der Waals surface area contributed by atoms with Gasteiger partial charge < -0.3 is 9.64 Å². The van der Waals surface area contributed by atoms with Crippen molar-refractivity contribution in [2.45, 2.75) is 39.0 Å². The van der Waals surface area contributed by atoms with E-state index < -0.39 is 0 Å². The van der Waals surface area contributed by atoms with Gasteiger partial charge in [-0.25, -0.2) is 0 Å². The van der Waals surface area contributed by atoms with E-state index in [1.54, 1.807) is 7.11 Å². The minimum atomic E-state index is 0.156. The zero-order chi connectivity index (χ0) is 17.8. The Bertz CT molecular complexity index is 736. The predicted molar refractivity (Wildman–Crippen MR) is 101 cm³/mol. The van der Waals surface area contributed by atoms with E-state index in [-0.39, 0.29) is 5.91 Å². The van der Waals surface area contributed by atoms with Crippen LogP contribution in [0.3, 0.4) is 0 Å². The summed E-state index contributed by atoms with van der Waals surface area (Å²) in [7, 11) is 1.69. The number of nitrogens with zero attached hydrogens (tertiary/aromatic N) is 1. The molecule has 25 heavy (non-hydrogen) atoms. The Morgan fingerprint density at radius 3 is 2.48 bits per heavy atom. The number of hydrogen-bond donors (Lipinski definition) is 0. The quantitative estimate of drug-likeness (QED) is 0.811. The molecule has 1 aliphatic rings. The molecule has 2 aromatic rings. The van der Waals surface area contributed by atoms with E-state index >= 15 is 0 Å². The van der Waals surface area contributed by atoms with Gasteiger partial charge in [-0.2, -0.15) is 0 Å². The Hall–Kier alpha value is -2.29. The average molecular weight is 337 g/mol. The molecule has 0 radical (unpaired) electrons. The second-order valence-corrected chi connectivity index (χ2v) is 7.02. The summed E-state index contributed by atoms with van der Waals surface area (Å²) in [6.07, 6.45) is 3.36. The molecular formula is C22H27NO2. The Labute approximate surface area is 150 Å². The van der Waals surface area contributed by atoms with Crippen molar-refractivity contribution in [3.8, 4) is 5.75 Å². The summed E-state index contributed by atoms with van der Waals surface area (Å²) >= 11 is 0. The molecule has 0 N–H and O–H groups in total. The van der Waals surface area contributed by atoms with Crippen LogP contribution >= 0.6 is 0 Å². The van der Waals surface area contributed by atoms with Crippen molar-refractivity contribution >= 4 is 5.91 Å². The standard InChI is InChI=1S/C22H27NO2/c1-16-7-8-19(14-17(16)2)22(24)23-13-5-4-6-20(15-23)18-9-11-21(25-3)12-10-18/h7-12,14,20H,4-6,13,15H2,1-3H3/t20-/m0/s1. The van der Waals surface area contributed by atoms with Crippen molar-refractivity contribution in [1.82, 2.24) is 4.90 Å². The van der Waals surface area contributed by atoms with Gasteiger partial charge in [0, 0.05) is 24.6 Å². The molecule has 132 valence electrons. The summed E-state index contributed by atoms with van der Waals surface area (Å²) in [6.45, 7) is 5.78. The number of benzene rings is 2. The van der Waals surface area contributed by atoms with Gasteiger partial charge in [0.05, 0.1) is 7.11 Å². The lowest BCUT2D eigenvalue weighted by atomic mass is 9.94. The normalized spacial score (nSPS) is 17.9. The van der Waals surface area contributed by atoms with Crippen molar-refractivity contribution in [3.63, 3.8) is 0 Å². The molecule has 0 spiro atoms. The number of aryl methyl sites for hydroxylation is 2. The average Bonchev–Trinajstić information content (AvgIpc) is 2.90. The molecule has 1 aliphatic heterocycles. The Morgan fingerprint density at radius 2 is 1.80 bits per heavy atom. The van der Waals surface area contributed by atoms with Gasteiger partial charge in [-0.05, 0) is 67.6 Å². The minimum absolute atomic E-state index is 0.156. The molecule has 1 amide bonds. The fraction of sp³-hybridized carbons (Fsp3) is 0.409. The second kappa shape index (κ2) is 7.73. The number of ether oxygens (including phenoxy) is 1. The molecule has 0 unspecified atom stereocenters. The molecule has 3 nitrogen and oxygen atoms in total. The third-order valence-electron chi connectivity index (χ3n) is 5.30. The summed E-state index contributed by atoms with van der Waals surface area (Å²) in [6, 6.07) is 14.3. The van der Waals surface area contributed by atoms with E-state index in [9.17, 15) is 4.79 Å². The van der Waals surface area contributed by atoms with Crippen LogP contribution in [-0.2, 0) is 0 Å².